The summed E-state index contributed by atoms with van der Waals surface area (Å²) in [5, 5.41) is 2.90. The van der Waals surface area contributed by atoms with Gasteiger partial charge in [0.1, 0.15) is 0 Å². The normalized spacial score (nSPS) is 13.3. The minimum atomic E-state index is -0.273. The maximum absolute atomic E-state index is 12.6. The smallest absolute Gasteiger partial charge is 0.291 e. The van der Waals surface area contributed by atoms with Crippen molar-refractivity contribution in [2.75, 3.05) is 11.9 Å². The Hall–Kier alpha value is -3.41. The quantitative estimate of drug-likeness (QED) is 0.704. The van der Waals surface area contributed by atoms with Gasteiger partial charge in [0.15, 0.2) is 5.82 Å². The molecule has 1 aliphatic heterocycles. The van der Waals surface area contributed by atoms with E-state index in [1.54, 1.807) is 4.90 Å². The van der Waals surface area contributed by atoms with Crippen LogP contribution in [0.5, 0.6) is 0 Å². The largest absolute Gasteiger partial charge is 0.335 e. The summed E-state index contributed by atoms with van der Waals surface area (Å²) in [7, 11) is 0. The van der Waals surface area contributed by atoms with Crippen LogP contribution < -0.4 is 5.32 Å². The molecule has 0 saturated carbocycles. The first-order valence-corrected chi connectivity index (χ1v) is 8.85. The van der Waals surface area contributed by atoms with Crippen molar-refractivity contribution in [1.82, 2.24) is 14.9 Å². The molecule has 6 nitrogen and oxygen atoms in total. The van der Waals surface area contributed by atoms with Gasteiger partial charge in [0, 0.05) is 18.8 Å². The Kier molecular flexibility index (Phi) is 4.24. The first-order valence-electron chi connectivity index (χ1n) is 8.85. The Balaban J connectivity index is 1.53. The van der Waals surface area contributed by atoms with Gasteiger partial charge in [-0.05, 0) is 54.3 Å². The minimum Gasteiger partial charge on any atom is -0.335 e. The molecule has 0 radical (unpaired) electrons. The summed E-state index contributed by atoms with van der Waals surface area (Å²) in [4.78, 5) is 33.6. The van der Waals surface area contributed by atoms with Crippen molar-refractivity contribution in [3.8, 4) is 0 Å². The van der Waals surface area contributed by atoms with E-state index in [2.05, 4.69) is 21.9 Å². The average molecular weight is 360 g/mol. The third-order valence-electron chi connectivity index (χ3n) is 4.89. The molecule has 4 rings (SSSR count). The van der Waals surface area contributed by atoms with Gasteiger partial charge in [-0.15, -0.1) is 0 Å². The summed E-state index contributed by atoms with van der Waals surface area (Å²) in [6, 6.07) is 11.6. The number of aromatic nitrogens is 2. The predicted octanol–water partition coefficient (Wildman–Crippen LogP) is 3.19. The number of carbonyl (C=O) groups excluding carboxylic acids is 2. The maximum Gasteiger partial charge on any atom is 0.291 e. The number of hydrogen-bond donors (Lipinski definition) is 2. The highest BCUT2D eigenvalue weighted by molar-refractivity contribution is 6.03. The van der Waals surface area contributed by atoms with Gasteiger partial charge < -0.3 is 15.2 Å². The molecule has 0 bridgehead atoms. The summed E-state index contributed by atoms with van der Waals surface area (Å²) in [6.07, 6.45) is 2.09. The highest BCUT2D eigenvalue weighted by Gasteiger charge is 2.20. The molecular weight excluding hydrogens is 340 g/mol. The van der Waals surface area contributed by atoms with Gasteiger partial charge >= 0.3 is 0 Å². The molecule has 0 aliphatic carbocycles. The third kappa shape index (κ3) is 3.21. The van der Waals surface area contributed by atoms with Crippen LogP contribution in [0.3, 0.4) is 0 Å². The highest BCUT2D eigenvalue weighted by Crippen LogP contribution is 2.23. The molecular formula is C21H20N4O2. The molecule has 27 heavy (non-hydrogen) atoms. The monoisotopic (exact) mass is 360 g/mol. The van der Waals surface area contributed by atoms with Crippen LogP contribution in [-0.2, 0) is 17.8 Å². The summed E-state index contributed by atoms with van der Waals surface area (Å²) in [5.41, 5.74) is 5.63. The summed E-state index contributed by atoms with van der Waals surface area (Å²) in [5.74, 6) is -0.0391. The van der Waals surface area contributed by atoms with Gasteiger partial charge in [-0.3, -0.25) is 9.59 Å². The van der Waals surface area contributed by atoms with Crippen LogP contribution >= 0.6 is 0 Å². The van der Waals surface area contributed by atoms with Crippen molar-refractivity contribution >= 4 is 28.5 Å². The van der Waals surface area contributed by atoms with Crippen LogP contribution in [0, 0.1) is 6.92 Å². The number of benzene rings is 2. The van der Waals surface area contributed by atoms with Crippen molar-refractivity contribution < 1.29 is 9.59 Å². The fourth-order valence-electron chi connectivity index (χ4n) is 3.42. The van der Waals surface area contributed by atoms with E-state index in [-0.39, 0.29) is 11.8 Å². The topological polar surface area (TPSA) is 78.1 Å². The molecule has 0 saturated heterocycles. The van der Waals surface area contributed by atoms with Crippen molar-refractivity contribution in [3.63, 3.8) is 0 Å². The number of amides is 2. The lowest BCUT2D eigenvalue weighted by Gasteiger charge is -2.28. The lowest BCUT2D eigenvalue weighted by molar-refractivity contribution is -0.126. The first kappa shape index (κ1) is 17.0. The minimum absolute atomic E-state index is 0.0572. The number of para-hydroxylation sites is 1. The predicted molar refractivity (Wildman–Crippen MR) is 105 cm³/mol. The van der Waals surface area contributed by atoms with E-state index >= 15 is 0 Å². The van der Waals surface area contributed by atoms with Crippen molar-refractivity contribution in [2.24, 2.45) is 0 Å². The number of nitrogens with zero attached hydrogens (tertiary/aromatic N) is 2. The summed E-state index contributed by atoms with van der Waals surface area (Å²) in [6.45, 7) is 6.73. The van der Waals surface area contributed by atoms with E-state index in [1.807, 2.05) is 43.3 Å². The molecule has 136 valence electrons. The lowest BCUT2D eigenvalue weighted by Crippen LogP contribution is -2.34. The molecule has 0 fully saturated rings. The van der Waals surface area contributed by atoms with Gasteiger partial charge in [0.05, 0.1) is 11.0 Å². The highest BCUT2D eigenvalue weighted by atomic mass is 16.2. The number of nitrogens with one attached hydrogen (secondary N) is 2. The molecule has 1 aliphatic rings. The van der Waals surface area contributed by atoms with Crippen LogP contribution in [0.1, 0.15) is 27.3 Å². The van der Waals surface area contributed by atoms with Crippen LogP contribution in [-0.4, -0.2) is 33.2 Å². The molecule has 2 heterocycles. The Morgan fingerprint density at radius 1 is 1.26 bits per heavy atom. The molecule has 3 aromatic rings. The summed E-state index contributed by atoms with van der Waals surface area (Å²) < 4.78 is 0. The number of aromatic amines is 1. The van der Waals surface area contributed by atoms with Crippen molar-refractivity contribution in [1.29, 1.82) is 0 Å². The molecule has 1 aromatic heterocycles. The van der Waals surface area contributed by atoms with Crippen LogP contribution in [0.15, 0.2) is 49.1 Å². The van der Waals surface area contributed by atoms with Crippen molar-refractivity contribution in [3.05, 3.63) is 71.6 Å². The van der Waals surface area contributed by atoms with Crippen molar-refractivity contribution in [2.45, 2.75) is 19.9 Å². The second kappa shape index (κ2) is 6.72. The number of imidazole rings is 1. The molecule has 2 amide bonds. The van der Waals surface area contributed by atoms with Crippen LogP contribution in [0.25, 0.3) is 11.0 Å². The van der Waals surface area contributed by atoms with E-state index in [0.29, 0.717) is 18.9 Å². The Bertz CT molecular complexity index is 1070. The molecule has 0 spiro atoms. The lowest BCUT2D eigenvalue weighted by atomic mass is 9.99. The standard InChI is InChI=1S/C21H20N4O2/c1-3-18(26)25-10-9-14-11-16(8-7-15(14)12-25)22-21(27)20-23-17-6-4-5-13(2)19(17)24-20/h3-8,11H,1,9-10,12H2,2H3,(H,22,27)(H,23,24). The zero-order chi connectivity index (χ0) is 19.0. The van der Waals surface area contributed by atoms with Gasteiger partial charge in [0.25, 0.3) is 5.91 Å². The fraction of sp³-hybridized carbons (Fsp3) is 0.190. The van der Waals surface area contributed by atoms with E-state index in [9.17, 15) is 9.59 Å². The van der Waals surface area contributed by atoms with E-state index in [1.165, 1.54) is 6.08 Å². The maximum atomic E-state index is 12.6. The summed E-state index contributed by atoms with van der Waals surface area (Å²) >= 11 is 0. The van der Waals surface area contributed by atoms with E-state index in [4.69, 9.17) is 0 Å². The number of rotatable bonds is 3. The molecule has 2 N–H and O–H groups in total. The first-order chi connectivity index (χ1) is 13.0. The van der Waals surface area contributed by atoms with Gasteiger partial charge in [-0.2, -0.15) is 0 Å². The second-order valence-electron chi connectivity index (χ2n) is 6.71. The fourth-order valence-corrected chi connectivity index (χ4v) is 3.42. The number of anilines is 1. The second-order valence-corrected chi connectivity index (χ2v) is 6.71. The molecule has 2 aromatic carbocycles. The SMILES string of the molecule is C=CC(=O)N1CCc2cc(NC(=O)c3nc4c(C)cccc4[nH]3)ccc2C1. The molecule has 6 heteroatoms. The zero-order valence-electron chi connectivity index (χ0n) is 15.1. The number of fused-ring (bicyclic) bond motifs is 2. The zero-order valence-corrected chi connectivity index (χ0v) is 15.1. The Morgan fingerprint density at radius 2 is 2.11 bits per heavy atom. The van der Waals surface area contributed by atoms with Gasteiger partial charge in [0.2, 0.25) is 5.91 Å². The number of H-pyrrole nitrogens is 1. The van der Waals surface area contributed by atoms with E-state index < -0.39 is 0 Å². The molecule has 0 unspecified atom stereocenters. The van der Waals surface area contributed by atoms with Gasteiger partial charge in [-0.25, -0.2) is 4.98 Å². The van der Waals surface area contributed by atoms with E-state index in [0.717, 1.165) is 39.8 Å². The number of hydrogen-bond acceptors (Lipinski definition) is 3. The Labute approximate surface area is 156 Å². The molecule has 0 atom stereocenters. The van der Waals surface area contributed by atoms with Crippen LogP contribution in [0.2, 0.25) is 0 Å². The Morgan fingerprint density at radius 3 is 2.89 bits per heavy atom. The number of aryl methyl sites for hydroxylation is 1. The van der Waals surface area contributed by atoms with Gasteiger partial charge in [-0.1, -0.05) is 24.8 Å². The average Bonchev–Trinajstić information content (AvgIpc) is 3.13. The third-order valence-corrected chi connectivity index (χ3v) is 4.89. The van der Waals surface area contributed by atoms with Crippen LogP contribution in [0.4, 0.5) is 5.69 Å². The number of carbonyl (C=O) groups is 2.